The smallest absolute Gasteiger partial charge is 0.199 e. The van der Waals surface area contributed by atoms with Crippen molar-refractivity contribution in [3.05, 3.63) is 117 Å². The number of fused-ring (bicyclic) bond motifs is 2. The lowest BCUT2D eigenvalue weighted by atomic mass is 9.73. The zero-order chi connectivity index (χ0) is 36.0. The molecule has 3 rings (SSSR count). The molecule has 3 nitrogen and oxygen atoms in total. The average Bonchev–Trinajstić information content (AvgIpc) is 3.69. The minimum absolute atomic E-state index is 0.0616. The first kappa shape index (κ1) is 40.1. The van der Waals surface area contributed by atoms with Crippen LogP contribution in [0.2, 0.25) is 0 Å². The van der Waals surface area contributed by atoms with Gasteiger partial charge in [-0.15, -0.1) is 0 Å². The second-order valence-corrected chi connectivity index (χ2v) is 15.2. The van der Waals surface area contributed by atoms with Crippen LogP contribution < -0.4 is 0 Å². The van der Waals surface area contributed by atoms with E-state index < -0.39 is 11.2 Å². The molecule has 1 saturated heterocycles. The number of Topliss-reactive ketones (excluding diaryl/α,β-unsaturated/α-hetero) is 2. The summed E-state index contributed by atoms with van der Waals surface area (Å²) in [6.07, 6.45) is 30.2. The first-order chi connectivity index (χ1) is 23.3. The molecule has 1 aliphatic heterocycles. The van der Waals surface area contributed by atoms with Gasteiger partial charge in [0.1, 0.15) is 0 Å². The van der Waals surface area contributed by atoms with Gasteiger partial charge in [0, 0.05) is 17.5 Å². The molecule has 0 radical (unpaired) electrons. The molecule has 1 aliphatic carbocycles. The predicted octanol–water partition coefficient (Wildman–Crippen LogP) is 13.3. The van der Waals surface area contributed by atoms with Gasteiger partial charge in [-0.25, -0.2) is 0 Å². The molecular weight excluding hydrogens is 601 g/mol. The van der Waals surface area contributed by atoms with Crippen LogP contribution in [0, 0.1) is 0 Å². The van der Waals surface area contributed by atoms with E-state index in [1.54, 1.807) is 25.1 Å². The van der Waals surface area contributed by atoms with E-state index in [4.69, 9.17) is 4.74 Å². The average molecular weight is 665 g/mol. The number of rotatable bonds is 20. The summed E-state index contributed by atoms with van der Waals surface area (Å²) in [4.78, 5) is 26.3. The van der Waals surface area contributed by atoms with Crippen molar-refractivity contribution in [1.29, 1.82) is 0 Å². The highest BCUT2D eigenvalue weighted by molar-refractivity contribution is 6.25. The highest BCUT2D eigenvalue weighted by Gasteiger charge is 2.77. The lowest BCUT2D eigenvalue weighted by molar-refractivity contribution is 0.0847. The Morgan fingerprint density at radius 3 is 1.20 bits per heavy atom. The first-order valence-corrected chi connectivity index (χ1v) is 18.7. The van der Waals surface area contributed by atoms with Crippen LogP contribution in [0.5, 0.6) is 0 Å². The summed E-state index contributed by atoms with van der Waals surface area (Å²) in [7, 11) is 0. The van der Waals surface area contributed by atoms with Gasteiger partial charge in [0.2, 0.25) is 0 Å². The van der Waals surface area contributed by atoms with Crippen molar-refractivity contribution in [2.24, 2.45) is 0 Å². The van der Waals surface area contributed by atoms with Crippen molar-refractivity contribution in [2.75, 3.05) is 0 Å². The van der Waals surface area contributed by atoms with Gasteiger partial charge in [0.05, 0.1) is 0 Å². The van der Waals surface area contributed by atoms with E-state index in [0.717, 1.165) is 70.6 Å². The zero-order valence-electron chi connectivity index (χ0n) is 32.3. The second-order valence-electron chi connectivity index (χ2n) is 15.2. The summed E-state index contributed by atoms with van der Waals surface area (Å²) < 4.78 is 5.94. The fourth-order valence-electron chi connectivity index (χ4n) is 6.75. The molecular formula is C46H64O3. The minimum Gasteiger partial charge on any atom is -0.345 e. The van der Waals surface area contributed by atoms with Crippen molar-refractivity contribution < 1.29 is 14.3 Å². The van der Waals surface area contributed by atoms with E-state index in [1.807, 2.05) is 6.07 Å². The molecule has 2 aliphatic rings. The molecule has 0 saturated carbocycles. The van der Waals surface area contributed by atoms with Crippen LogP contribution in [0.1, 0.15) is 167 Å². The minimum atomic E-state index is -1.04. The number of carbonyl (C=O) groups is 2. The lowest BCUT2D eigenvalue weighted by Crippen LogP contribution is -2.43. The van der Waals surface area contributed by atoms with Crippen LogP contribution in [-0.2, 0) is 4.74 Å². The molecule has 0 N–H and O–H groups in total. The van der Waals surface area contributed by atoms with Crippen molar-refractivity contribution in [2.45, 2.75) is 157 Å². The van der Waals surface area contributed by atoms with Crippen LogP contribution in [0.25, 0.3) is 0 Å². The largest absolute Gasteiger partial charge is 0.345 e. The Kier molecular flexibility index (Phi) is 15.7. The number of ketones is 2. The normalized spacial score (nSPS) is 21.9. The molecule has 2 atom stereocenters. The van der Waals surface area contributed by atoms with Gasteiger partial charge in [0.15, 0.2) is 22.8 Å². The van der Waals surface area contributed by atoms with Crippen LogP contribution in [0.15, 0.2) is 106 Å². The number of ether oxygens (including phenoxy) is 1. The first-order valence-electron chi connectivity index (χ1n) is 18.7. The Balaban J connectivity index is 1.30. The summed E-state index contributed by atoms with van der Waals surface area (Å²) in [6.45, 7) is 19.5. The Morgan fingerprint density at radius 2 is 0.837 bits per heavy atom. The number of hydrogen-bond acceptors (Lipinski definition) is 3. The molecule has 0 spiro atoms. The maximum atomic E-state index is 13.3. The van der Waals surface area contributed by atoms with Crippen LogP contribution >= 0.6 is 0 Å². The number of benzene rings is 1. The van der Waals surface area contributed by atoms with Crippen LogP contribution in [-0.4, -0.2) is 22.8 Å². The Morgan fingerprint density at radius 1 is 0.510 bits per heavy atom. The molecule has 3 heteroatoms. The Bertz CT molecular complexity index is 1530. The fraction of sp³-hybridized carbons (Fsp3) is 0.522. The standard InChI is InChI=1S/C46H64O3/c1-34(2)18-12-19-35(3)20-13-21-36(4)22-14-23-37(5)24-15-25-38(6)26-16-27-39(7)28-17-29-40(8)32-33-46-44(48)42-31-11-10-30-41(42)43(47)45(46,9)49-46/h10-11,18,20,22,24,26,28,30-32H,12-17,19,21,23,25,27,29,33H2,1-9H3/b35-20+,36-22+,37-24+,38-26+,39-28+,40-32+/t45-,46+/m0/s1. The third-order valence-corrected chi connectivity index (χ3v) is 10.3. The number of allylic oxidation sites excluding steroid dienone is 13. The third kappa shape index (κ3) is 11.9. The van der Waals surface area contributed by atoms with Crippen molar-refractivity contribution in [1.82, 2.24) is 0 Å². The number of carbonyl (C=O) groups excluding carboxylic acids is 2. The van der Waals surface area contributed by atoms with Gasteiger partial charge in [-0.3, -0.25) is 9.59 Å². The highest BCUT2D eigenvalue weighted by atomic mass is 16.6. The summed E-state index contributed by atoms with van der Waals surface area (Å²) in [6, 6.07) is 7.09. The summed E-state index contributed by atoms with van der Waals surface area (Å²) in [5.74, 6) is -0.138. The third-order valence-electron chi connectivity index (χ3n) is 10.3. The number of hydrogen-bond donors (Lipinski definition) is 0. The summed E-state index contributed by atoms with van der Waals surface area (Å²) >= 11 is 0. The molecule has 1 aromatic carbocycles. The molecule has 1 heterocycles. The molecule has 49 heavy (non-hydrogen) atoms. The monoisotopic (exact) mass is 664 g/mol. The molecule has 1 fully saturated rings. The molecule has 1 aromatic rings. The molecule has 0 bridgehead atoms. The van der Waals surface area contributed by atoms with Crippen molar-refractivity contribution in [3.8, 4) is 0 Å². The Hall–Kier alpha value is -3.30. The zero-order valence-corrected chi connectivity index (χ0v) is 32.3. The number of epoxide rings is 1. The van der Waals surface area contributed by atoms with E-state index in [9.17, 15) is 9.59 Å². The second kappa shape index (κ2) is 19.2. The summed E-state index contributed by atoms with van der Waals surface area (Å²) in [5, 5.41) is 0. The van der Waals surface area contributed by atoms with Crippen molar-refractivity contribution in [3.63, 3.8) is 0 Å². The van der Waals surface area contributed by atoms with E-state index in [2.05, 4.69) is 97.9 Å². The molecule has 0 unspecified atom stereocenters. The van der Waals surface area contributed by atoms with Crippen molar-refractivity contribution >= 4 is 11.6 Å². The summed E-state index contributed by atoms with van der Waals surface area (Å²) in [5.41, 5.74) is 8.95. The topological polar surface area (TPSA) is 46.7 Å². The fourth-order valence-corrected chi connectivity index (χ4v) is 6.75. The quantitative estimate of drug-likeness (QED) is 0.103. The maximum Gasteiger partial charge on any atom is 0.199 e. The van der Waals surface area contributed by atoms with Crippen LogP contribution in [0.4, 0.5) is 0 Å². The Labute approximate surface area is 299 Å². The molecule has 0 amide bonds. The SMILES string of the molecule is CC(C)=CCC/C(C)=C/CC/C(C)=C/CC/C(C)=C/CC/C(C)=C/CC/C(C)=C/CC/C(C)=C/C[C@]12O[C@@]1(C)C(=O)c1ccccc1C2=O. The maximum absolute atomic E-state index is 13.3. The van der Waals surface area contributed by atoms with E-state index in [-0.39, 0.29) is 11.6 Å². The molecule has 0 aromatic heterocycles. The highest BCUT2D eigenvalue weighted by Crippen LogP contribution is 2.57. The van der Waals surface area contributed by atoms with Crippen LogP contribution in [0.3, 0.4) is 0 Å². The molecule has 266 valence electrons. The van der Waals surface area contributed by atoms with E-state index in [0.29, 0.717) is 17.5 Å². The lowest BCUT2D eigenvalue weighted by Gasteiger charge is -2.22. The van der Waals surface area contributed by atoms with Gasteiger partial charge < -0.3 is 4.74 Å². The van der Waals surface area contributed by atoms with Gasteiger partial charge in [0.25, 0.3) is 0 Å². The van der Waals surface area contributed by atoms with Gasteiger partial charge in [-0.2, -0.15) is 0 Å². The predicted molar refractivity (Wildman–Crippen MR) is 209 cm³/mol. The van der Waals surface area contributed by atoms with Gasteiger partial charge in [-0.05, 0) is 139 Å². The van der Waals surface area contributed by atoms with Gasteiger partial charge >= 0.3 is 0 Å². The van der Waals surface area contributed by atoms with E-state index in [1.165, 1.54) is 45.4 Å². The van der Waals surface area contributed by atoms with Gasteiger partial charge in [-0.1, -0.05) is 106 Å². The van der Waals surface area contributed by atoms with E-state index >= 15 is 0 Å².